The van der Waals surface area contributed by atoms with Gasteiger partial charge in [0.2, 0.25) is 0 Å². The second-order valence-electron chi connectivity index (χ2n) is 7.00. The maximum atomic E-state index is 12.2. The molecule has 0 radical (unpaired) electrons. The molecule has 28 heavy (non-hydrogen) atoms. The topological polar surface area (TPSA) is 65.5 Å². The fourth-order valence-electron chi connectivity index (χ4n) is 3.15. The number of carbonyl (C=O) groups excluding carboxylic acids is 1. The predicted octanol–water partition coefficient (Wildman–Crippen LogP) is 3.36. The fraction of sp³-hybridized carbons (Fsp3) is 0.364. The summed E-state index contributed by atoms with van der Waals surface area (Å²) in [5.74, 6) is 0.604. The lowest BCUT2D eigenvalue weighted by Crippen LogP contribution is -2.42. The van der Waals surface area contributed by atoms with Crippen LogP contribution in [-0.4, -0.2) is 38.0 Å². The van der Waals surface area contributed by atoms with Crippen LogP contribution in [0.15, 0.2) is 59.6 Å². The van der Waals surface area contributed by atoms with Crippen molar-refractivity contribution in [1.29, 1.82) is 0 Å². The summed E-state index contributed by atoms with van der Waals surface area (Å²) in [4.78, 5) is 17.0. The zero-order valence-electron chi connectivity index (χ0n) is 16.2. The average Bonchev–Trinajstić information content (AvgIpc) is 3.51. The highest BCUT2D eigenvalue weighted by atomic mass is 35.5. The molecule has 2 aromatic carbocycles. The molecule has 0 heterocycles. The molecule has 1 amide bonds. The fourth-order valence-corrected chi connectivity index (χ4v) is 3.37. The van der Waals surface area contributed by atoms with Crippen molar-refractivity contribution in [3.8, 4) is 0 Å². The average molecular weight is 399 g/mol. The highest BCUT2D eigenvalue weighted by Gasteiger charge is 2.43. The monoisotopic (exact) mass is 398 g/mol. The van der Waals surface area contributed by atoms with Gasteiger partial charge in [-0.1, -0.05) is 54.1 Å². The van der Waals surface area contributed by atoms with Crippen molar-refractivity contribution in [2.24, 2.45) is 4.99 Å². The van der Waals surface area contributed by atoms with E-state index in [0.717, 1.165) is 19.0 Å². The molecule has 3 N–H and O–H groups in total. The van der Waals surface area contributed by atoms with Crippen LogP contribution >= 0.6 is 11.6 Å². The van der Waals surface area contributed by atoms with Crippen LogP contribution in [0.4, 0.5) is 0 Å². The van der Waals surface area contributed by atoms with Crippen LogP contribution in [0.2, 0.25) is 5.02 Å². The van der Waals surface area contributed by atoms with E-state index in [1.54, 1.807) is 18.2 Å². The van der Waals surface area contributed by atoms with Crippen LogP contribution in [0, 0.1) is 0 Å². The van der Waals surface area contributed by atoms with Crippen LogP contribution in [0.25, 0.3) is 0 Å². The number of guanidine groups is 1. The van der Waals surface area contributed by atoms with Crippen molar-refractivity contribution >= 4 is 23.5 Å². The van der Waals surface area contributed by atoms with Crippen LogP contribution in [0.1, 0.15) is 35.7 Å². The summed E-state index contributed by atoms with van der Waals surface area (Å²) in [5.41, 5.74) is 2.03. The molecule has 0 saturated heterocycles. The van der Waals surface area contributed by atoms with Crippen LogP contribution < -0.4 is 16.0 Å². The van der Waals surface area contributed by atoms with Crippen molar-refractivity contribution in [2.45, 2.75) is 25.2 Å². The minimum Gasteiger partial charge on any atom is -0.357 e. The van der Waals surface area contributed by atoms with E-state index in [-0.39, 0.29) is 11.3 Å². The van der Waals surface area contributed by atoms with Gasteiger partial charge in [0.1, 0.15) is 0 Å². The van der Waals surface area contributed by atoms with E-state index in [1.165, 1.54) is 18.4 Å². The van der Waals surface area contributed by atoms with E-state index in [2.05, 4.69) is 40.2 Å². The van der Waals surface area contributed by atoms with E-state index < -0.39 is 0 Å². The second kappa shape index (κ2) is 9.60. The summed E-state index contributed by atoms with van der Waals surface area (Å²) in [7, 11) is 0. The molecule has 0 spiro atoms. The molecule has 1 aliphatic rings. The number of benzene rings is 2. The Morgan fingerprint density at radius 2 is 1.68 bits per heavy atom. The zero-order valence-corrected chi connectivity index (χ0v) is 16.9. The van der Waals surface area contributed by atoms with Crippen molar-refractivity contribution in [3.05, 3.63) is 70.7 Å². The molecule has 6 heteroatoms. The first-order valence-electron chi connectivity index (χ1n) is 9.75. The minimum atomic E-state index is -0.171. The summed E-state index contributed by atoms with van der Waals surface area (Å²) in [6.45, 7) is 4.66. The normalized spacial score (nSPS) is 15.0. The maximum Gasteiger partial charge on any atom is 0.252 e. The van der Waals surface area contributed by atoms with E-state index in [0.29, 0.717) is 23.7 Å². The van der Waals surface area contributed by atoms with Crippen molar-refractivity contribution in [1.82, 2.24) is 16.0 Å². The molecule has 148 valence electrons. The Balaban J connectivity index is 1.49. The number of rotatable bonds is 8. The lowest BCUT2D eigenvalue weighted by atomic mass is 9.96. The Labute approximate surface area is 171 Å². The number of carbonyl (C=O) groups is 1. The molecule has 1 saturated carbocycles. The maximum absolute atomic E-state index is 12.2. The molecule has 2 aromatic rings. The van der Waals surface area contributed by atoms with Gasteiger partial charge in [-0.2, -0.15) is 0 Å². The van der Waals surface area contributed by atoms with Crippen LogP contribution in [0.5, 0.6) is 0 Å². The molecular weight excluding hydrogens is 372 g/mol. The summed E-state index contributed by atoms with van der Waals surface area (Å²) in [5, 5.41) is 9.89. The number of hydrogen-bond acceptors (Lipinski definition) is 2. The molecular formula is C22H27ClN4O. The van der Waals surface area contributed by atoms with Gasteiger partial charge >= 0.3 is 0 Å². The van der Waals surface area contributed by atoms with Crippen LogP contribution in [-0.2, 0) is 5.41 Å². The van der Waals surface area contributed by atoms with E-state index in [1.807, 2.05) is 19.1 Å². The summed E-state index contributed by atoms with van der Waals surface area (Å²) in [6.07, 6.45) is 2.35. The number of amides is 1. The predicted molar refractivity (Wildman–Crippen MR) is 115 cm³/mol. The highest BCUT2D eigenvalue weighted by Crippen LogP contribution is 2.48. The summed E-state index contributed by atoms with van der Waals surface area (Å²) < 4.78 is 0. The number of aliphatic imine (C=N–C) groups is 1. The SMILES string of the molecule is CCNC(=NCC1(c2ccccc2)CC1)NCCNC(=O)c1ccccc1Cl. The largest absolute Gasteiger partial charge is 0.357 e. The number of nitrogens with zero attached hydrogens (tertiary/aromatic N) is 1. The Kier molecular flexibility index (Phi) is 6.93. The van der Waals surface area contributed by atoms with Gasteiger partial charge in [-0.3, -0.25) is 9.79 Å². The first-order chi connectivity index (χ1) is 13.6. The second-order valence-corrected chi connectivity index (χ2v) is 7.41. The minimum absolute atomic E-state index is 0.171. The molecule has 0 aliphatic heterocycles. The molecule has 3 rings (SSSR count). The first kappa shape index (κ1) is 20.2. The standard InChI is InChI=1S/C22H27ClN4O/c1-2-24-21(27-16-22(12-13-22)17-8-4-3-5-9-17)26-15-14-25-20(28)18-10-6-7-11-19(18)23/h3-11H,2,12-16H2,1H3,(H,25,28)(H2,24,26,27). The van der Waals surface area contributed by atoms with Gasteiger partial charge in [0.05, 0.1) is 17.1 Å². The quantitative estimate of drug-likeness (QED) is 0.363. The molecule has 0 atom stereocenters. The Hall–Kier alpha value is -2.53. The zero-order chi connectivity index (χ0) is 19.8. The number of nitrogens with one attached hydrogen (secondary N) is 3. The van der Waals surface area contributed by atoms with Crippen molar-refractivity contribution in [3.63, 3.8) is 0 Å². The van der Waals surface area contributed by atoms with E-state index in [4.69, 9.17) is 16.6 Å². The van der Waals surface area contributed by atoms with Gasteiger partial charge in [-0.25, -0.2) is 0 Å². The van der Waals surface area contributed by atoms with Crippen molar-refractivity contribution < 1.29 is 4.79 Å². The Bertz CT molecular complexity index is 818. The summed E-state index contributed by atoms with van der Waals surface area (Å²) >= 11 is 6.06. The van der Waals surface area contributed by atoms with E-state index >= 15 is 0 Å². The van der Waals surface area contributed by atoms with Crippen molar-refractivity contribution in [2.75, 3.05) is 26.2 Å². The number of halogens is 1. The first-order valence-corrected chi connectivity index (χ1v) is 10.1. The van der Waals surface area contributed by atoms with Gasteiger partial charge in [0.15, 0.2) is 5.96 Å². The molecule has 5 nitrogen and oxygen atoms in total. The van der Waals surface area contributed by atoms with Crippen LogP contribution in [0.3, 0.4) is 0 Å². The van der Waals surface area contributed by atoms with Gasteiger partial charge < -0.3 is 16.0 Å². The lowest BCUT2D eigenvalue weighted by Gasteiger charge is -2.16. The number of hydrogen-bond donors (Lipinski definition) is 3. The third kappa shape index (κ3) is 5.26. The third-order valence-electron chi connectivity index (χ3n) is 4.95. The lowest BCUT2D eigenvalue weighted by molar-refractivity contribution is 0.0954. The molecule has 1 aliphatic carbocycles. The molecule has 0 aromatic heterocycles. The van der Waals surface area contributed by atoms with Gasteiger partial charge in [-0.15, -0.1) is 0 Å². The smallest absolute Gasteiger partial charge is 0.252 e. The Morgan fingerprint density at radius 1 is 1.00 bits per heavy atom. The highest BCUT2D eigenvalue weighted by molar-refractivity contribution is 6.33. The molecule has 1 fully saturated rings. The van der Waals surface area contributed by atoms with E-state index in [9.17, 15) is 4.79 Å². The third-order valence-corrected chi connectivity index (χ3v) is 5.27. The molecule has 0 unspecified atom stereocenters. The van der Waals surface area contributed by atoms with Gasteiger partial charge in [0, 0.05) is 25.0 Å². The summed E-state index contributed by atoms with van der Waals surface area (Å²) in [6, 6.07) is 17.6. The van der Waals surface area contributed by atoms with Gasteiger partial charge in [0.25, 0.3) is 5.91 Å². The molecule has 0 bridgehead atoms. The van der Waals surface area contributed by atoms with Gasteiger partial charge in [-0.05, 0) is 37.5 Å². The Morgan fingerprint density at radius 3 is 2.36 bits per heavy atom.